The highest BCUT2D eigenvalue weighted by Gasteiger charge is 2.21. The summed E-state index contributed by atoms with van der Waals surface area (Å²) in [6.45, 7) is 4.50. The Morgan fingerprint density at radius 3 is 3.16 bits per heavy atom. The summed E-state index contributed by atoms with van der Waals surface area (Å²) < 4.78 is 0. The number of likely N-dealkylation sites (tertiary alicyclic amines) is 1. The van der Waals surface area contributed by atoms with Crippen LogP contribution in [0.3, 0.4) is 0 Å². The maximum Gasteiger partial charge on any atom is 0.270 e. The molecule has 2 heterocycles. The first-order valence-corrected chi connectivity index (χ1v) is 7.64. The van der Waals surface area contributed by atoms with Crippen LogP contribution in [0, 0.1) is 6.92 Å². The van der Waals surface area contributed by atoms with Gasteiger partial charge in [-0.2, -0.15) is 0 Å². The number of carbonyl (C=O) groups is 1. The number of aromatic nitrogens is 1. The van der Waals surface area contributed by atoms with Crippen LogP contribution >= 0.6 is 11.3 Å². The van der Waals surface area contributed by atoms with Crippen molar-refractivity contribution in [3.63, 3.8) is 0 Å². The molecular weight excluding hydrogens is 262 g/mol. The average Bonchev–Trinajstić information content (AvgIpc) is 2.86. The second-order valence-corrected chi connectivity index (χ2v) is 5.94. The van der Waals surface area contributed by atoms with Gasteiger partial charge in [-0.3, -0.25) is 9.69 Å². The number of aryl methyl sites for hydroxylation is 1. The zero-order valence-corrected chi connectivity index (χ0v) is 12.1. The van der Waals surface area contributed by atoms with Gasteiger partial charge in [-0.25, -0.2) is 4.98 Å². The maximum absolute atomic E-state index is 11.8. The van der Waals surface area contributed by atoms with Gasteiger partial charge < -0.3 is 10.4 Å². The van der Waals surface area contributed by atoms with Gasteiger partial charge in [0.25, 0.3) is 5.91 Å². The first kappa shape index (κ1) is 14.4. The van der Waals surface area contributed by atoms with Gasteiger partial charge in [-0.05, 0) is 26.3 Å². The number of hydrogen-bond donors (Lipinski definition) is 2. The Morgan fingerprint density at radius 2 is 2.47 bits per heavy atom. The number of carbonyl (C=O) groups excluding carboxylic acids is 1. The fraction of sp³-hybridized carbons (Fsp3) is 0.692. The molecule has 1 amide bonds. The molecule has 1 saturated heterocycles. The molecule has 0 spiro atoms. The normalized spacial score (nSPS) is 20.4. The summed E-state index contributed by atoms with van der Waals surface area (Å²) in [6.07, 6.45) is 3.41. The number of piperidine rings is 1. The molecule has 19 heavy (non-hydrogen) atoms. The first-order valence-electron chi connectivity index (χ1n) is 6.76. The molecule has 0 bridgehead atoms. The lowest BCUT2D eigenvalue weighted by molar-refractivity contribution is 0.0847. The predicted molar refractivity (Wildman–Crippen MR) is 75.5 cm³/mol. The van der Waals surface area contributed by atoms with E-state index in [0.29, 0.717) is 12.2 Å². The molecular formula is C13H21N3O2S. The summed E-state index contributed by atoms with van der Waals surface area (Å²) in [7, 11) is 0. The van der Waals surface area contributed by atoms with Crippen LogP contribution in [0.4, 0.5) is 0 Å². The first-order chi connectivity index (χ1) is 9.20. The monoisotopic (exact) mass is 283 g/mol. The molecule has 0 unspecified atom stereocenters. The van der Waals surface area contributed by atoms with E-state index < -0.39 is 0 Å². The minimum atomic E-state index is -0.109. The van der Waals surface area contributed by atoms with E-state index in [1.807, 2.05) is 6.92 Å². The van der Waals surface area contributed by atoms with E-state index in [1.54, 1.807) is 5.38 Å². The van der Waals surface area contributed by atoms with Crippen molar-refractivity contribution in [2.45, 2.75) is 32.2 Å². The van der Waals surface area contributed by atoms with E-state index in [1.165, 1.54) is 24.2 Å². The van der Waals surface area contributed by atoms with Crippen LogP contribution in [0.15, 0.2) is 5.38 Å². The Morgan fingerprint density at radius 1 is 1.63 bits per heavy atom. The van der Waals surface area contributed by atoms with Crippen LogP contribution in [0.25, 0.3) is 0 Å². The molecule has 6 heteroatoms. The van der Waals surface area contributed by atoms with Gasteiger partial charge in [0.2, 0.25) is 0 Å². The van der Waals surface area contributed by atoms with Crippen LogP contribution in [-0.4, -0.2) is 53.2 Å². The number of nitrogens with zero attached hydrogens (tertiary/aromatic N) is 2. The standard InChI is InChI=1S/C13H21N3O2S/c1-10-15-12(9-19-10)13(18)14-5-7-16-6-3-2-4-11(16)8-17/h9,11,17H,2-8H2,1H3,(H,14,18)/t11-/m1/s1. The van der Waals surface area contributed by atoms with Crippen molar-refractivity contribution in [1.82, 2.24) is 15.2 Å². The van der Waals surface area contributed by atoms with Gasteiger partial charge in [-0.15, -0.1) is 11.3 Å². The molecule has 1 atom stereocenters. The van der Waals surface area contributed by atoms with E-state index in [2.05, 4.69) is 15.2 Å². The van der Waals surface area contributed by atoms with E-state index in [-0.39, 0.29) is 18.6 Å². The SMILES string of the molecule is Cc1nc(C(=O)NCCN2CCCC[C@@H]2CO)cs1. The topological polar surface area (TPSA) is 65.5 Å². The van der Waals surface area contributed by atoms with Crippen LogP contribution < -0.4 is 5.32 Å². The summed E-state index contributed by atoms with van der Waals surface area (Å²) in [5, 5.41) is 14.9. The largest absolute Gasteiger partial charge is 0.395 e. The minimum absolute atomic E-state index is 0.109. The van der Waals surface area contributed by atoms with Crippen LogP contribution in [0.5, 0.6) is 0 Å². The van der Waals surface area contributed by atoms with Crippen molar-refractivity contribution in [2.75, 3.05) is 26.2 Å². The van der Waals surface area contributed by atoms with Crippen LogP contribution in [0.2, 0.25) is 0 Å². The van der Waals surface area contributed by atoms with Crippen LogP contribution in [0.1, 0.15) is 34.8 Å². The fourth-order valence-corrected chi connectivity index (χ4v) is 3.03. The predicted octanol–water partition coefficient (Wildman–Crippen LogP) is 1.03. The fourth-order valence-electron chi connectivity index (χ4n) is 2.43. The van der Waals surface area contributed by atoms with Crippen LogP contribution in [-0.2, 0) is 0 Å². The molecule has 0 aromatic carbocycles. The molecule has 1 aromatic heterocycles. The van der Waals surface area contributed by atoms with Gasteiger partial charge in [0.05, 0.1) is 11.6 Å². The van der Waals surface area contributed by atoms with Crippen molar-refractivity contribution in [1.29, 1.82) is 0 Å². The average molecular weight is 283 g/mol. The van der Waals surface area contributed by atoms with Crippen molar-refractivity contribution in [3.8, 4) is 0 Å². The number of aliphatic hydroxyl groups is 1. The second-order valence-electron chi connectivity index (χ2n) is 4.88. The lowest BCUT2D eigenvalue weighted by Gasteiger charge is -2.34. The second kappa shape index (κ2) is 6.98. The Labute approximate surface area is 117 Å². The molecule has 0 saturated carbocycles. The zero-order chi connectivity index (χ0) is 13.7. The molecule has 0 aliphatic carbocycles. The molecule has 2 rings (SSSR count). The minimum Gasteiger partial charge on any atom is -0.395 e. The third kappa shape index (κ3) is 3.99. The summed E-state index contributed by atoms with van der Waals surface area (Å²) in [4.78, 5) is 18.2. The Kier molecular flexibility index (Phi) is 5.30. The lowest BCUT2D eigenvalue weighted by atomic mass is 10.0. The highest BCUT2D eigenvalue weighted by molar-refractivity contribution is 7.09. The van der Waals surface area contributed by atoms with Gasteiger partial charge in [-0.1, -0.05) is 6.42 Å². The third-order valence-corrected chi connectivity index (χ3v) is 4.27. The lowest BCUT2D eigenvalue weighted by Crippen LogP contribution is -2.45. The smallest absolute Gasteiger partial charge is 0.270 e. The maximum atomic E-state index is 11.8. The van der Waals surface area contributed by atoms with E-state index in [4.69, 9.17) is 0 Å². The Bertz CT molecular complexity index is 422. The van der Waals surface area contributed by atoms with Crippen molar-refractivity contribution >= 4 is 17.2 Å². The molecule has 1 fully saturated rings. The molecule has 1 aromatic rings. The summed E-state index contributed by atoms with van der Waals surface area (Å²) in [5.41, 5.74) is 0.500. The van der Waals surface area contributed by atoms with E-state index in [0.717, 1.165) is 24.5 Å². The van der Waals surface area contributed by atoms with Crippen molar-refractivity contribution in [2.24, 2.45) is 0 Å². The number of rotatable bonds is 5. The van der Waals surface area contributed by atoms with Crippen molar-refractivity contribution < 1.29 is 9.90 Å². The molecule has 106 valence electrons. The zero-order valence-electron chi connectivity index (χ0n) is 11.3. The van der Waals surface area contributed by atoms with Gasteiger partial charge >= 0.3 is 0 Å². The summed E-state index contributed by atoms with van der Waals surface area (Å²) in [5.74, 6) is -0.109. The van der Waals surface area contributed by atoms with Gasteiger partial charge in [0.15, 0.2) is 0 Å². The third-order valence-electron chi connectivity index (χ3n) is 3.50. The highest BCUT2D eigenvalue weighted by atomic mass is 32.1. The molecule has 0 radical (unpaired) electrons. The number of thiazole rings is 1. The van der Waals surface area contributed by atoms with E-state index >= 15 is 0 Å². The van der Waals surface area contributed by atoms with Gasteiger partial charge in [0.1, 0.15) is 5.69 Å². The van der Waals surface area contributed by atoms with Gasteiger partial charge in [0, 0.05) is 24.5 Å². The number of nitrogens with one attached hydrogen (secondary N) is 1. The summed E-state index contributed by atoms with van der Waals surface area (Å²) in [6, 6.07) is 0.257. The molecule has 1 aliphatic heterocycles. The summed E-state index contributed by atoms with van der Waals surface area (Å²) >= 11 is 1.48. The molecule has 5 nitrogen and oxygen atoms in total. The Hall–Kier alpha value is -0.980. The Balaban J connectivity index is 1.75. The number of aliphatic hydroxyl groups excluding tert-OH is 1. The molecule has 1 aliphatic rings. The highest BCUT2D eigenvalue weighted by Crippen LogP contribution is 2.15. The molecule has 2 N–H and O–H groups in total. The number of hydrogen-bond acceptors (Lipinski definition) is 5. The van der Waals surface area contributed by atoms with Crippen molar-refractivity contribution in [3.05, 3.63) is 16.1 Å². The number of amides is 1. The van der Waals surface area contributed by atoms with E-state index in [9.17, 15) is 9.90 Å². The quantitative estimate of drug-likeness (QED) is 0.847.